The van der Waals surface area contributed by atoms with Crippen molar-refractivity contribution >= 4 is 23.4 Å². The molecule has 0 unspecified atom stereocenters. The van der Waals surface area contributed by atoms with Crippen LogP contribution in [-0.4, -0.2) is 18.9 Å². The van der Waals surface area contributed by atoms with Crippen LogP contribution < -0.4 is 0 Å². The van der Waals surface area contributed by atoms with Gasteiger partial charge in [-0.2, -0.15) is 0 Å². The first-order valence-electron chi connectivity index (χ1n) is 4.03. The van der Waals surface area contributed by atoms with Gasteiger partial charge >= 0.3 is 5.97 Å². The van der Waals surface area contributed by atoms with Gasteiger partial charge < -0.3 is 4.74 Å². The lowest BCUT2D eigenvalue weighted by atomic mass is 10.1. The molecule has 1 aromatic rings. The van der Waals surface area contributed by atoms with Crippen LogP contribution in [0.15, 0.2) is 24.3 Å². The summed E-state index contributed by atoms with van der Waals surface area (Å²) in [6.45, 7) is 0. The zero-order valence-corrected chi connectivity index (χ0v) is 8.67. The van der Waals surface area contributed by atoms with Crippen LogP contribution in [0, 0.1) is 11.8 Å². The van der Waals surface area contributed by atoms with Crippen LogP contribution in [0.5, 0.6) is 0 Å². The summed E-state index contributed by atoms with van der Waals surface area (Å²) in [7, 11) is 1.20. The van der Waals surface area contributed by atoms with Gasteiger partial charge in [0.15, 0.2) is 0 Å². The summed E-state index contributed by atoms with van der Waals surface area (Å²) in [5.74, 6) is 2.99. The van der Waals surface area contributed by atoms with Gasteiger partial charge in [0.2, 0.25) is 5.78 Å². The first-order valence-corrected chi connectivity index (χ1v) is 4.41. The molecule has 0 saturated carbocycles. The second-order valence-electron chi connectivity index (χ2n) is 2.58. The quantitative estimate of drug-likeness (QED) is 0.239. The molecular formula is C11H7ClO3. The molecule has 0 aliphatic carbocycles. The van der Waals surface area contributed by atoms with Crippen molar-refractivity contribution in [2.45, 2.75) is 0 Å². The van der Waals surface area contributed by atoms with Gasteiger partial charge in [-0.15, -0.1) is 0 Å². The summed E-state index contributed by atoms with van der Waals surface area (Å²) in [6.07, 6.45) is 0. The average Bonchev–Trinajstić information content (AvgIpc) is 2.25. The minimum Gasteiger partial charge on any atom is -0.459 e. The molecule has 0 saturated heterocycles. The number of hydrogen-bond acceptors (Lipinski definition) is 3. The van der Waals surface area contributed by atoms with Gasteiger partial charge in [0.25, 0.3) is 0 Å². The minimum absolute atomic E-state index is 0.346. The fourth-order valence-corrected chi connectivity index (χ4v) is 1.05. The van der Waals surface area contributed by atoms with Gasteiger partial charge in [0.1, 0.15) is 0 Å². The number of carbonyl (C=O) groups is 2. The lowest BCUT2D eigenvalue weighted by Crippen LogP contribution is -1.99. The molecule has 0 amide bonds. The van der Waals surface area contributed by atoms with E-state index in [4.69, 9.17) is 11.6 Å². The first-order chi connectivity index (χ1) is 7.13. The van der Waals surface area contributed by atoms with E-state index in [1.165, 1.54) is 13.2 Å². The van der Waals surface area contributed by atoms with Crippen molar-refractivity contribution in [3.63, 3.8) is 0 Å². The SMILES string of the molecule is COC(=O)C#CC(=O)c1cccc(Cl)c1. The first kappa shape index (κ1) is 11.3. The van der Waals surface area contributed by atoms with E-state index in [2.05, 4.69) is 10.7 Å². The Kier molecular flexibility index (Phi) is 3.90. The Morgan fingerprint density at radius 1 is 1.33 bits per heavy atom. The summed E-state index contributed by atoms with van der Waals surface area (Å²) in [4.78, 5) is 22.0. The molecule has 3 nitrogen and oxygen atoms in total. The summed E-state index contributed by atoms with van der Waals surface area (Å²) in [6, 6.07) is 6.33. The largest absolute Gasteiger partial charge is 0.459 e. The summed E-state index contributed by atoms with van der Waals surface area (Å²) in [5, 5.41) is 0.445. The molecule has 0 radical (unpaired) electrons. The number of esters is 1. The summed E-state index contributed by atoms with van der Waals surface area (Å²) in [5.41, 5.74) is 0.346. The number of ether oxygens (including phenoxy) is 1. The monoisotopic (exact) mass is 222 g/mol. The highest BCUT2D eigenvalue weighted by atomic mass is 35.5. The van der Waals surface area contributed by atoms with Crippen LogP contribution in [0.25, 0.3) is 0 Å². The minimum atomic E-state index is -0.745. The highest BCUT2D eigenvalue weighted by molar-refractivity contribution is 6.31. The lowest BCUT2D eigenvalue weighted by Gasteiger charge is -1.93. The van der Waals surface area contributed by atoms with Crippen LogP contribution >= 0.6 is 11.6 Å². The highest BCUT2D eigenvalue weighted by Gasteiger charge is 2.02. The van der Waals surface area contributed by atoms with E-state index < -0.39 is 11.8 Å². The smallest absolute Gasteiger partial charge is 0.384 e. The molecule has 0 heterocycles. The van der Waals surface area contributed by atoms with Crippen LogP contribution in [-0.2, 0) is 9.53 Å². The third kappa shape index (κ3) is 3.45. The predicted octanol–water partition coefficient (Wildman–Crippen LogP) is 1.70. The Bertz CT molecular complexity index is 454. The molecule has 0 aliphatic rings. The summed E-state index contributed by atoms with van der Waals surface area (Å²) < 4.78 is 4.27. The molecule has 0 N–H and O–H groups in total. The molecule has 1 rings (SSSR count). The van der Waals surface area contributed by atoms with Gasteiger partial charge in [-0.25, -0.2) is 4.79 Å². The van der Waals surface area contributed by atoms with E-state index in [0.29, 0.717) is 10.6 Å². The Balaban J connectivity index is 2.85. The fourth-order valence-electron chi connectivity index (χ4n) is 0.861. The average molecular weight is 223 g/mol. The molecule has 76 valence electrons. The van der Waals surface area contributed by atoms with Crippen molar-refractivity contribution in [1.29, 1.82) is 0 Å². The van der Waals surface area contributed by atoms with Crippen molar-refractivity contribution < 1.29 is 14.3 Å². The number of ketones is 1. The van der Waals surface area contributed by atoms with Crippen molar-refractivity contribution in [3.05, 3.63) is 34.9 Å². The lowest BCUT2D eigenvalue weighted by molar-refractivity contribution is -0.133. The molecular weight excluding hydrogens is 216 g/mol. The Morgan fingerprint density at radius 2 is 2.07 bits per heavy atom. The van der Waals surface area contributed by atoms with E-state index >= 15 is 0 Å². The molecule has 4 heteroatoms. The van der Waals surface area contributed by atoms with Crippen molar-refractivity contribution in [2.24, 2.45) is 0 Å². The van der Waals surface area contributed by atoms with Gasteiger partial charge in [-0.3, -0.25) is 4.79 Å². The predicted molar refractivity (Wildman–Crippen MR) is 55.6 cm³/mol. The maximum absolute atomic E-state index is 11.4. The zero-order chi connectivity index (χ0) is 11.3. The maximum Gasteiger partial charge on any atom is 0.384 e. The normalized spacial score (nSPS) is 8.67. The number of carbonyl (C=O) groups excluding carboxylic acids is 2. The standard InChI is InChI=1S/C11H7ClO3/c1-15-11(14)6-5-10(13)8-3-2-4-9(12)7-8/h2-4,7H,1H3. The van der Waals surface area contributed by atoms with Crippen molar-refractivity contribution in [1.82, 2.24) is 0 Å². The molecule has 0 fully saturated rings. The Morgan fingerprint density at radius 3 is 2.67 bits per heavy atom. The molecule has 0 bridgehead atoms. The molecule has 15 heavy (non-hydrogen) atoms. The van der Waals surface area contributed by atoms with Crippen LogP contribution in [0.3, 0.4) is 0 Å². The van der Waals surface area contributed by atoms with E-state index in [0.717, 1.165) is 0 Å². The molecule has 0 spiro atoms. The van der Waals surface area contributed by atoms with Crippen molar-refractivity contribution in [2.75, 3.05) is 7.11 Å². The third-order valence-corrected chi connectivity index (χ3v) is 1.79. The fraction of sp³-hybridized carbons (Fsp3) is 0.0909. The maximum atomic E-state index is 11.4. The Hall–Kier alpha value is -1.79. The third-order valence-electron chi connectivity index (χ3n) is 1.55. The van der Waals surface area contributed by atoms with Crippen LogP contribution in [0.4, 0.5) is 0 Å². The number of Topliss-reactive ketones (excluding diaryl/α,β-unsaturated/α-hetero) is 1. The van der Waals surface area contributed by atoms with Crippen molar-refractivity contribution in [3.8, 4) is 11.8 Å². The van der Waals surface area contributed by atoms with Crippen LogP contribution in [0.1, 0.15) is 10.4 Å². The highest BCUT2D eigenvalue weighted by Crippen LogP contribution is 2.10. The van der Waals surface area contributed by atoms with E-state index in [1.54, 1.807) is 18.2 Å². The number of halogens is 1. The second-order valence-corrected chi connectivity index (χ2v) is 3.02. The van der Waals surface area contributed by atoms with E-state index in [-0.39, 0.29) is 0 Å². The van der Waals surface area contributed by atoms with E-state index in [1.807, 2.05) is 5.92 Å². The molecule has 0 aliphatic heterocycles. The number of methoxy groups -OCH3 is 1. The van der Waals surface area contributed by atoms with Crippen LogP contribution in [0.2, 0.25) is 5.02 Å². The van der Waals surface area contributed by atoms with Gasteiger partial charge in [0.05, 0.1) is 7.11 Å². The Labute approximate surface area is 92.0 Å². The number of hydrogen-bond donors (Lipinski definition) is 0. The topological polar surface area (TPSA) is 43.4 Å². The molecule has 1 aromatic carbocycles. The van der Waals surface area contributed by atoms with E-state index in [9.17, 15) is 9.59 Å². The second kappa shape index (κ2) is 5.18. The number of rotatable bonds is 1. The zero-order valence-electron chi connectivity index (χ0n) is 7.91. The van der Waals surface area contributed by atoms with Gasteiger partial charge in [0, 0.05) is 16.5 Å². The molecule has 0 aromatic heterocycles. The van der Waals surface area contributed by atoms with Gasteiger partial charge in [-0.05, 0) is 18.1 Å². The van der Waals surface area contributed by atoms with Gasteiger partial charge in [-0.1, -0.05) is 23.7 Å². The molecule has 0 atom stereocenters. The summed E-state index contributed by atoms with van der Waals surface area (Å²) >= 11 is 5.69. The number of benzene rings is 1.